The molecule has 0 heterocycles. The number of hydrogen-bond acceptors (Lipinski definition) is 3. The Hall–Kier alpha value is -2.69. The van der Waals surface area contributed by atoms with Crippen molar-refractivity contribution in [1.82, 2.24) is 5.32 Å². The van der Waals surface area contributed by atoms with Gasteiger partial charge in [0.05, 0.1) is 6.21 Å². The Kier molecular flexibility index (Phi) is 6.11. The van der Waals surface area contributed by atoms with E-state index in [0.717, 1.165) is 11.1 Å². The van der Waals surface area contributed by atoms with E-state index in [2.05, 4.69) is 10.5 Å². The summed E-state index contributed by atoms with van der Waals surface area (Å²) in [4.78, 5) is 16.5. The third kappa shape index (κ3) is 5.75. The van der Waals surface area contributed by atoms with Crippen LogP contribution >= 0.6 is 0 Å². The van der Waals surface area contributed by atoms with E-state index < -0.39 is 0 Å². The summed E-state index contributed by atoms with van der Waals surface area (Å²) in [6, 6.07) is 15.7. The fourth-order valence-corrected chi connectivity index (χ4v) is 1.78. The van der Waals surface area contributed by atoms with Crippen LogP contribution in [-0.4, -0.2) is 25.3 Å². The molecule has 0 aromatic heterocycles. The molecule has 114 valence electrons. The van der Waals surface area contributed by atoms with Gasteiger partial charge in [0.15, 0.2) is 6.61 Å². The summed E-state index contributed by atoms with van der Waals surface area (Å²) < 4.78 is 12.7. The molecule has 0 atom stereocenters. The molecule has 0 radical (unpaired) electrons. The summed E-state index contributed by atoms with van der Waals surface area (Å²) in [6.45, 7) is 0.336. The van der Waals surface area contributed by atoms with E-state index in [4.69, 9.17) is 4.84 Å². The molecule has 0 fully saturated rings. The summed E-state index contributed by atoms with van der Waals surface area (Å²) in [7, 11) is 0. The molecular formula is C17H17FN2O2. The van der Waals surface area contributed by atoms with Gasteiger partial charge in [0.2, 0.25) is 0 Å². The number of halogens is 1. The largest absolute Gasteiger partial charge is 0.386 e. The third-order valence-corrected chi connectivity index (χ3v) is 2.92. The highest BCUT2D eigenvalue weighted by Gasteiger charge is 2.01. The first-order valence-electron chi connectivity index (χ1n) is 6.95. The molecule has 22 heavy (non-hydrogen) atoms. The van der Waals surface area contributed by atoms with Gasteiger partial charge in [-0.25, -0.2) is 4.39 Å². The minimum atomic E-state index is -0.266. The Morgan fingerprint density at radius 3 is 2.59 bits per heavy atom. The molecule has 0 unspecified atom stereocenters. The summed E-state index contributed by atoms with van der Waals surface area (Å²) in [5.41, 5.74) is 1.86. The second kappa shape index (κ2) is 8.56. The zero-order chi connectivity index (χ0) is 15.6. The number of carbonyl (C=O) groups excluding carboxylic acids is 1. The molecule has 0 spiro atoms. The Morgan fingerprint density at radius 1 is 1.14 bits per heavy atom. The van der Waals surface area contributed by atoms with Gasteiger partial charge in [-0.3, -0.25) is 4.79 Å². The molecule has 0 saturated heterocycles. The molecule has 1 amide bonds. The van der Waals surface area contributed by atoms with Crippen molar-refractivity contribution >= 4 is 12.1 Å². The number of amides is 1. The maximum absolute atomic E-state index is 12.7. The fourth-order valence-electron chi connectivity index (χ4n) is 1.78. The highest BCUT2D eigenvalue weighted by molar-refractivity contribution is 5.79. The SMILES string of the molecule is O=C(CO/N=C/c1ccccc1)NCCc1ccc(F)cc1. The van der Waals surface area contributed by atoms with Crippen LogP contribution in [-0.2, 0) is 16.1 Å². The van der Waals surface area contributed by atoms with E-state index in [1.165, 1.54) is 12.1 Å². The number of rotatable bonds is 7. The van der Waals surface area contributed by atoms with Crippen molar-refractivity contribution in [2.75, 3.05) is 13.2 Å². The lowest BCUT2D eigenvalue weighted by molar-refractivity contribution is -0.125. The summed E-state index contributed by atoms with van der Waals surface area (Å²) in [6.07, 6.45) is 2.19. The van der Waals surface area contributed by atoms with Crippen molar-refractivity contribution < 1.29 is 14.0 Å². The number of benzene rings is 2. The van der Waals surface area contributed by atoms with Crippen molar-refractivity contribution in [2.45, 2.75) is 6.42 Å². The lowest BCUT2D eigenvalue weighted by Crippen LogP contribution is -2.28. The van der Waals surface area contributed by atoms with E-state index in [1.807, 2.05) is 30.3 Å². The summed E-state index contributed by atoms with van der Waals surface area (Å²) in [5.74, 6) is -0.509. The van der Waals surface area contributed by atoms with Crippen LogP contribution in [0.2, 0.25) is 0 Å². The van der Waals surface area contributed by atoms with Crippen LogP contribution in [0.3, 0.4) is 0 Å². The molecule has 4 nitrogen and oxygen atoms in total. The van der Waals surface area contributed by atoms with Gasteiger partial charge in [0, 0.05) is 6.54 Å². The van der Waals surface area contributed by atoms with E-state index in [9.17, 15) is 9.18 Å². The standard InChI is InChI=1S/C17H17FN2O2/c18-16-8-6-14(7-9-16)10-11-19-17(21)13-22-20-12-15-4-2-1-3-5-15/h1-9,12H,10-11,13H2,(H,19,21)/b20-12+. The lowest BCUT2D eigenvalue weighted by atomic mass is 10.1. The topological polar surface area (TPSA) is 50.7 Å². The molecule has 2 aromatic carbocycles. The second-order valence-electron chi connectivity index (χ2n) is 4.65. The highest BCUT2D eigenvalue weighted by Crippen LogP contribution is 2.02. The molecule has 0 bridgehead atoms. The molecule has 0 aliphatic heterocycles. The van der Waals surface area contributed by atoms with Crippen molar-refractivity contribution in [3.63, 3.8) is 0 Å². The Balaban J connectivity index is 1.62. The molecular weight excluding hydrogens is 283 g/mol. The first kappa shape index (κ1) is 15.7. The number of hydrogen-bond donors (Lipinski definition) is 1. The van der Waals surface area contributed by atoms with Gasteiger partial charge in [-0.2, -0.15) is 0 Å². The number of nitrogens with zero attached hydrogens (tertiary/aromatic N) is 1. The van der Waals surface area contributed by atoms with Crippen LogP contribution in [0.5, 0.6) is 0 Å². The van der Waals surface area contributed by atoms with E-state index in [-0.39, 0.29) is 18.3 Å². The monoisotopic (exact) mass is 300 g/mol. The number of oxime groups is 1. The molecule has 0 aliphatic carbocycles. The van der Waals surface area contributed by atoms with Gasteiger partial charge in [-0.05, 0) is 29.7 Å². The Labute approximate surface area is 128 Å². The fraction of sp³-hybridized carbons (Fsp3) is 0.176. The highest BCUT2D eigenvalue weighted by atomic mass is 19.1. The summed E-state index contributed by atoms with van der Waals surface area (Å²) >= 11 is 0. The van der Waals surface area contributed by atoms with Crippen LogP contribution in [0.15, 0.2) is 59.8 Å². The maximum Gasteiger partial charge on any atom is 0.260 e. The molecule has 0 aliphatic rings. The first-order chi connectivity index (χ1) is 10.7. The van der Waals surface area contributed by atoms with Gasteiger partial charge in [0.25, 0.3) is 5.91 Å². The van der Waals surface area contributed by atoms with Gasteiger partial charge in [-0.1, -0.05) is 47.6 Å². The van der Waals surface area contributed by atoms with E-state index >= 15 is 0 Å². The smallest absolute Gasteiger partial charge is 0.260 e. The maximum atomic E-state index is 12.7. The Bertz CT molecular complexity index is 612. The van der Waals surface area contributed by atoms with E-state index in [0.29, 0.717) is 13.0 Å². The molecule has 0 saturated carbocycles. The Morgan fingerprint density at radius 2 is 1.86 bits per heavy atom. The number of nitrogens with one attached hydrogen (secondary N) is 1. The van der Waals surface area contributed by atoms with Crippen molar-refractivity contribution in [1.29, 1.82) is 0 Å². The molecule has 2 aromatic rings. The predicted octanol–water partition coefficient (Wildman–Crippen LogP) is 2.54. The minimum absolute atomic E-state index is 0.132. The predicted molar refractivity (Wildman–Crippen MR) is 83.1 cm³/mol. The van der Waals surface area contributed by atoms with Crippen LogP contribution < -0.4 is 5.32 Å². The van der Waals surface area contributed by atoms with Gasteiger partial charge in [-0.15, -0.1) is 0 Å². The van der Waals surface area contributed by atoms with Crippen molar-refractivity contribution in [2.24, 2.45) is 5.16 Å². The van der Waals surface area contributed by atoms with Crippen LogP contribution in [0, 0.1) is 5.82 Å². The molecule has 5 heteroatoms. The van der Waals surface area contributed by atoms with Gasteiger partial charge < -0.3 is 10.2 Å². The number of carbonyl (C=O) groups is 1. The van der Waals surface area contributed by atoms with Crippen molar-refractivity contribution in [3.05, 3.63) is 71.5 Å². The minimum Gasteiger partial charge on any atom is -0.386 e. The quantitative estimate of drug-likeness (QED) is 0.631. The second-order valence-corrected chi connectivity index (χ2v) is 4.65. The van der Waals surface area contributed by atoms with Crippen LogP contribution in [0.1, 0.15) is 11.1 Å². The zero-order valence-electron chi connectivity index (χ0n) is 12.0. The average molecular weight is 300 g/mol. The normalized spacial score (nSPS) is 10.6. The molecule has 1 N–H and O–H groups in total. The third-order valence-electron chi connectivity index (χ3n) is 2.92. The zero-order valence-corrected chi connectivity index (χ0v) is 12.0. The van der Waals surface area contributed by atoms with Crippen LogP contribution in [0.25, 0.3) is 0 Å². The average Bonchev–Trinajstić information content (AvgIpc) is 2.54. The van der Waals surface area contributed by atoms with E-state index in [1.54, 1.807) is 18.3 Å². The van der Waals surface area contributed by atoms with Gasteiger partial charge in [0.1, 0.15) is 5.82 Å². The lowest BCUT2D eigenvalue weighted by Gasteiger charge is -2.04. The van der Waals surface area contributed by atoms with Crippen molar-refractivity contribution in [3.8, 4) is 0 Å². The van der Waals surface area contributed by atoms with Gasteiger partial charge >= 0.3 is 0 Å². The molecule has 2 rings (SSSR count). The van der Waals surface area contributed by atoms with Crippen LogP contribution in [0.4, 0.5) is 4.39 Å². The summed E-state index contributed by atoms with van der Waals surface area (Å²) in [5, 5.41) is 6.44. The first-order valence-corrected chi connectivity index (χ1v) is 6.95.